The van der Waals surface area contributed by atoms with Gasteiger partial charge in [-0.2, -0.15) is 0 Å². The summed E-state index contributed by atoms with van der Waals surface area (Å²) in [5.41, 5.74) is 6.16. The average Bonchev–Trinajstić information content (AvgIpc) is 3.81. The number of likely N-dealkylation sites (tertiary alicyclic amines) is 1. The van der Waals surface area contributed by atoms with Crippen molar-refractivity contribution in [1.82, 2.24) is 9.88 Å². The zero-order valence-corrected chi connectivity index (χ0v) is 29.8. The zero-order chi connectivity index (χ0) is 34.8. The van der Waals surface area contributed by atoms with Crippen LogP contribution in [0.15, 0.2) is 73.0 Å². The highest BCUT2D eigenvalue weighted by molar-refractivity contribution is 6.05. The Morgan fingerprint density at radius 2 is 1.89 bits per heavy atom. The van der Waals surface area contributed by atoms with Gasteiger partial charge in [0.15, 0.2) is 0 Å². The number of carbonyl (C=O) groups excluding carboxylic acids is 2. The Morgan fingerprint density at radius 3 is 2.51 bits per heavy atom. The minimum atomic E-state index is -0.373. The third-order valence-corrected chi connectivity index (χ3v) is 9.28. The topological polar surface area (TPSA) is 98.2 Å². The number of nitrogens with zero attached hydrogens (tertiary/aromatic N) is 2. The van der Waals surface area contributed by atoms with Gasteiger partial charge in [0.2, 0.25) is 5.91 Å². The van der Waals surface area contributed by atoms with Crippen LogP contribution in [0.4, 0.5) is 11.4 Å². The molecule has 3 aliphatic rings. The third kappa shape index (κ3) is 8.83. The highest BCUT2D eigenvalue weighted by Gasteiger charge is 2.44. The van der Waals surface area contributed by atoms with Crippen molar-refractivity contribution < 1.29 is 12.4 Å². The largest absolute Gasteiger partial charge is 0.325 e. The fraction of sp³-hybridized carbons (Fsp3) is 0.450. The summed E-state index contributed by atoms with van der Waals surface area (Å²) in [6.07, 6.45) is 17.9. The number of carbonyl (C=O) groups is 2. The van der Waals surface area contributed by atoms with Crippen molar-refractivity contribution in [3.05, 3.63) is 95.4 Å². The Balaban J connectivity index is 0.00000193. The van der Waals surface area contributed by atoms with Crippen molar-refractivity contribution in [3.8, 4) is 0 Å². The third-order valence-electron chi connectivity index (χ3n) is 9.28. The molecule has 7 nitrogen and oxygen atoms in total. The van der Waals surface area contributed by atoms with E-state index >= 15 is 0 Å². The van der Waals surface area contributed by atoms with Gasteiger partial charge in [-0.25, -0.2) is 0 Å². The van der Waals surface area contributed by atoms with Gasteiger partial charge in [0.05, 0.1) is 23.3 Å². The van der Waals surface area contributed by atoms with E-state index in [2.05, 4.69) is 90.4 Å². The molecule has 256 valence electrons. The molecule has 7 heteroatoms. The molecule has 0 bridgehead atoms. The van der Waals surface area contributed by atoms with Crippen LogP contribution in [0, 0.1) is 23.7 Å². The van der Waals surface area contributed by atoms with E-state index in [0.29, 0.717) is 35.5 Å². The minimum Gasteiger partial charge on any atom is -0.325 e. The summed E-state index contributed by atoms with van der Waals surface area (Å²) < 4.78 is 0. The first-order chi connectivity index (χ1) is 22.6. The van der Waals surface area contributed by atoms with Gasteiger partial charge in [-0.05, 0) is 75.8 Å². The zero-order valence-electron chi connectivity index (χ0n) is 29.8. The van der Waals surface area contributed by atoms with E-state index in [4.69, 9.17) is 5.41 Å². The fourth-order valence-corrected chi connectivity index (χ4v) is 6.46. The Morgan fingerprint density at radius 1 is 1.17 bits per heavy atom. The van der Waals surface area contributed by atoms with Crippen LogP contribution in [0.2, 0.25) is 0 Å². The van der Waals surface area contributed by atoms with Gasteiger partial charge in [-0.15, -0.1) is 0 Å². The Kier molecular flexibility index (Phi) is 13.2. The molecule has 1 aromatic heterocycles. The number of amides is 2. The Labute approximate surface area is 285 Å². The smallest absolute Gasteiger partial charge is 0.251 e. The first-order valence-electron chi connectivity index (χ1n) is 17.3. The Bertz CT molecular complexity index is 1550. The summed E-state index contributed by atoms with van der Waals surface area (Å²) >= 11 is 0. The average molecular weight is 642 g/mol. The molecule has 2 aromatic rings. The highest BCUT2D eigenvalue weighted by atomic mass is 16.2. The van der Waals surface area contributed by atoms with Crippen molar-refractivity contribution in [3.63, 3.8) is 0 Å². The molecule has 47 heavy (non-hydrogen) atoms. The lowest BCUT2D eigenvalue weighted by Crippen LogP contribution is -2.39. The number of aromatic nitrogens is 1. The molecule has 1 atom stereocenters. The van der Waals surface area contributed by atoms with Gasteiger partial charge in [0, 0.05) is 50.0 Å². The van der Waals surface area contributed by atoms with Gasteiger partial charge < -0.3 is 16.0 Å². The van der Waals surface area contributed by atoms with Crippen LogP contribution < -0.4 is 10.6 Å². The summed E-state index contributed by atoms with van der Waals surface area (Å²) in [6.45, 7) is 22.4. The predicted molar refractivity (Wildman–Crippen MR) is 202 cm³/mol. The number of rotatable bonds is 10. The normalized spacial score (nSPS) is 18.5. The van der Waals surface area contributed by atoms with Crippen LogP contribution in [0.3, 0.4) is 0 Å². The molecule has 1 fully saturated rings. The molecule has 1 saturated heterocycles. The molecule has 3 N–H and O–H groups in total. The molecule has 1 spiro atoms. The lowest BCUT2D eigenvalue weighted by atomic mass is 9.78. The molecule has 1 aromatic carbocycles. The second-order valence-corrected chi connectivity index (χ2v) is 12.5. The summed E-state index contributed by atoms with van der Waals surface area (Å²) in [5.74, 6) is -0.466. The maximum atomic E-state index is 13.5. The van der Waals surface area contributed by atoms with Crippen LogP contribution in [-0.4, -0.2) is 46.5 Å². The molecule has 2 heterocycles. The van der Waals surface area contributed by atoms with Crippen molar-refractivity contribution >= 4 is 35.0 Å². The second kappa shape index (κ2) is 16.6. The number of pyridine rings is 1. The first kappa shape index (κ1) is 37.4. The molecular formula is C40H59N5O2. The van der Waals surface area contributed by atoms with E-state index in [1.54, 1.807) is 12.3 Å². The van der Waals surface area contributed by atoms with E-state index in [0.717, 1.165) is 54.6 Å². The molecule has 0 saturated carbocycles. The molecule has 2 amide bonds. The van der Waals surface area contributed by atoms with Crippen LogP contribution in [-0.2, 0) is 16.0 Å². The van der Waals surface area contributed by atoms with E-state index < -0.39 is 0 Å². The molecule has 1 aliphatic heterocycles. The van der Waals surface area contributed by atoms with Crippen LogP contribution in [0.1, 0.15) is 99.4 Å². The fourth-order valence-electron chi connectivity index (χ4n) is 6.46. The lowest BCUT2D eigenvalue weighted by molar-refractivity contribution is -0.116. The SMILES string of the molecule is C=C(C(=O)Nc1cc(NC(=O)CCN2CCCC2(C)C)cnc1C)C1CC=CC(c2cccc(CC)c2C=N)=CC12C=C2.CC.CC.[HH].[HH]. The molecule has 0 radical (unpaired) electrons. The van der Waals surface area contributed by atoms with Gasteiger partial charge >= 0.3 is 0 Å². The number of nitrogens with one attached hydrogen (secondary N) is 3. The number of allylic oxidation sites excluding steroid dienone is 6. The number of anilines is 2. The first-order valence-corrected chi connectivity index (χ1v) is 17.3. The standard InChI is InChI=1S/C36H43N5O2.2C2H6.2H2/c1-6-26-10-7-12-29(30(26)22-37)27-11-8-13-31(36(21-27)16-17-36)24(2)34(43)40-32-20-28(23-38-25(32)3)39-33(42)14-19-41-18-9-15-35(41,4)5;2*1-2;;/h7-8,10-12,16-17,20-23,31,37H,2,6,9,13-15,18-19H2,1,3-5H3,(H,39,42)(H,40,43);2*1-2H3;2*1H. The molecule has 2 aliphatic carbocycles. The number of aryl methyl sites for hydroxylation is 2. The highest BCUT2D eigenvalue weighted by Crippen LogP contribution is 2.52. The second-order valence-electron chi connectivity index (χ2n) is 12.5. The van der Waals surface area contributed by atoms with Crippen LogP contribution >= 0.6 is 0 Å². The van der Waals surface area contributed by atoms with Crippen molar-refractivity contribution in [2.75, 3.05) is 23.7 Å². The quantitative estimate of drug-likeness (QED) is 0.137. The lowest BCUT2D eigenvalue weighted by Gasteiger charge is -2.31. The van der Waals surface area contributed by atoms with E-state index in [1.165, 1.54) is 6.21 Å². The monoisotopic (exact) mass is 641 g/mol. The van der Waals surface area contributed by atoms with Crippen molar-refractivity contribution in [2.24, 2.45) is 11.3 Å². The van der Waals surface area contributed by atoms with Gasteiger partial charge in [-0.1, -0.05) is 89.8 Å². The summed E-state index contributed by atoms with van der Waals surface area (Å²) in [5, 5.41) is 14.0. The van der Waals surface area contributed by atoms with Gasteiger partial charge in [0.1, 0.15) is 0 Å². The van der Waals surface area contributed by atoms with Gasteiger partial charge in [-0.3, -0.25) is 19.5 Å². The maximum Gasteiger partial charge on any atom is 0.251 e. The summed E-state index contributed by atoms with van der Waals surface area (Å²) in [6, 6.07) is 7.93. The van der Waals surface area contributed by atoms with E-state index in [1.807, 2.05) is 40.7 Å². The number of hydrogen-bond donors (Lipinski definition) is 3. The molecular weight excluding hydrogens is 582 g/mol. The number of hydrogen-bond acceptors (Lipinski definition) is 5. The maximum absolute atomic E-state index is 13.5. The summed E-state index contributed by atoms with van der Waals surface area (Å²) in [7, 11) is 0. The summed E-state index contributed by atoms with van der Waals surface area (Å²) in [4.78, 5) is 33.1. The van der Waals surface area contributed by atoms with Gasteiger partial charge in [0.25, 0.3) is 5.91 Å². The van der Waals surface area contributed by atoms with Crippen LogP contribution in [0.25, 0.3) is 5.57 Å². The Hall–Kier alpha value is -4.10. The van der Waals surface area contributed by atoms with E-state index in [9.17, 15) is 9.59 Å². The minimum absolute atomic E-state index is 0. The van der Waals surface area contributed by atoms with E-state index in [-0.39, 0.29) is 31.5 Å². The van der Waals surface area contributed by atoms with Crippen molar-refractivity contribution in [2.45, 2.75) is 93.0 Å². The molecule has 1 unspecified atom stereocenters. The molecule has 5 rings (SSSR count). The van der Waals surface area contributed by atoms with Crippen LogP contribution in [0.5, 0.6) is 0 Å². The van der Waals surface area contributed by atoms with Crippen molar-refractivity contribution in [1.29, 1.82) is 5.41 Å². The number of benzene rings is 1. The predicted octanol–water partition coefficient (Wildman–Crippen LogP) is 9.41.